The molecule has 0 amide bonds. The van der Waals surface area contributed by atoms with Crippen LogP contribution in [0.1, 0.15) is 29.8 Å². The van der Waals surface area contributed by atoms with E-state index in [1.54, 1.807) is 0 Å². The van der Waals surface area contributed by atoms with Crippen molar-refractivity contribution in [3.05, 3.63) is 28.0 Å². The van der Waals surface area contributed by atoms with Crippen molar-refractivity contribution in [1.29, 1.82) is 0 Å². The molecule has 0 aromatic carbocycles. The molecule has 0 saturated heterocycles. The molecule has 0 unspecified atom stereocenters. The largest absolute Gasteiger partial charge is 0.461 e. The highest BCUT2D eigenvalue weighted by atomic mass is 35.5. The lowest BCUT2D eigenvalue weighted by atomic mass is 10.3. The molecule has 0 spiro atoms. The van der Waals surface area contributed by atoms with Crippen LogP contribution in [0.2, 0.25) is 10.2 Å². The number of hydrogen-bond acceptors (Lipinski definition) is 3. The summed E-state index contributed by atoms with van der Waals surface area (Å²) in [6.07, 6.45) is 3.41. The average molecular weight is 260 g/mol. The summed E-state index contributed by atoms with van der Waals surface area (Å²) in [5.41, 5.74) is 0.0879. The average Bonchev–Trinajstić information content (AvgIpc) is 3.05. The van der Waals surface area contributed by atoms with Gasteiger partial charge in [0, 0.05) is 0 Å². The maximum absolute atomic E-state index is 11.6. The third kappa shape index (κ3) is 3.09. The third-order valence-electron chi connectivity index (χ3n) is 2.46. The number of carbonyl (C=O) groups is 1. The van der Waals surface area contributed by atoms with Gasteiger partial charge in [-0.05, 0) is 24.5 Å². The van der Waals surface area contributed by atoms with E-state index in [2.05, 4.69) is 4.98 Å². The Labute approximate surface area is 104 Å². The van der Waals surface area contributed by atoms with Crippen LogP contribution in [0, 0.1) is 5.92 Å². The lowest BCUT2D eigenvalue weighted by Crippen LogP contribution is -2.09. The molecule has 1 fully saturated rings. The maximum Gasteiger partial charge on any atom is 0.358 e. The van der Waals surface area contributed by atoms with Crippen LogP contribution < -0.4 is 0 Å². The second-order valence-electron chi connectivity index (χ2n) is 3.83. The molecule has 0 aliphatic heterocycles. The molecule has 1 aromatic rings. The summed E-state index contributed by atoms with van der Waals surface area (Å²) >= 11 is 11.5. The highest BCUT2D eigenvalue weighted by Gasteiger charge is 2.22. The molecule has 1 heterocycles. The second-order valence-corrected chi connectivity index (χ2v) is 4.63. The van der Waals surface area contributed by atoms with Crippen LogP contribution in [0.4, 0.5) is 0 Å². The molecule has 16 heavy (non-hydrogen) atoms. The summed E-state index contributed by atoms with van der Waals surface area (Å²) in [6, 6.07) is 3.07. The zero-order chi connectivity index (χ0) is 11.5. The van der Waals surface area contributed by atoms with Gasteiger partial charge in [0.2, 0.25) is 0 Å². The summed E-state index contributed by atoms with van der Waals surface area (Å²) in [5, 5.41) is 0.499. The van der Waals surface area contributed by atoms with Gasteiger partial charge in [0.25, 0.3) is 0 Å². The summed E-state index contributed by atoms with van der Waals surface area (Å²) in [6.45, 7) is 0.425. The standard InChI is InChI=1S/C11H11Cl2NO2/c12-8-3-4-9(13)14-10(8)11(15)16-6-5-7-1-2-7/h3-4,7H,1-2,5-6H2. The van der Waals surface area contributed by atoms with Gasteiger partial charge in [-0.1, -0.05) is 36.0 Å². The molecule has 3 nitrogen and oxygen atoms in total. The van der Waals surface area contributed by atoms with E-state index < -0.39 is 5.97 Å². The zero-order valence-electron chi connectivity index (χ0n) is 8.58. The summed E-state index contributed by atoms with van der Waals surface area (Å²) in [4.78, 5) is 15.4. The van der Waals surface area contributed by atoms with Crippen LogP contribution in [0.5, 0.6) is 0 Å². The van der Waals surface area contributed by atoms with E-state index >= 15 is 0 Å². The number of hydrogen-bond donors (Lipinski definition) is 0. The maximum atomic E-state index is 11.6. The lowest BCUT2D eigenvalue weighted by molar-refractivity contribution is 0.0488. The molecule has 1 aliphatic rings. The molecule has 2 rings (SSSR count). The van der Waals surface area contributed by atoms with E-state index in [1.807, 2.05) is 0 Å². The minimum Gasteiger partial charge on any atom is -0.461 e. The van der Waals surface area contributed by atoms with Crippen molar-refractivity contribution in [2.75, 3.05) is 6.61 Å². The molecule has 1 saturated carbocycles. The van der Waals surface area contributed by atoms with Crippen LogP contribution in [0.25, 0.3) is 0 Å². The van der Waals surface area contributed by atoms with Crippen molar-refractivity contribution in [2.24, 2.45) is 5.92 Å². The molecule has 86 valence electrons. The van der Waals surface area contributed by atoms with Crippen molar-refractivity contribution >= 4 is 29.2 Å². The van der Waals surface area contributed by atoms with Crippen LogP contribution >= 0.6 is 23.2 Å². The van der Waals surface area contributed by atoms with E-state index in [4.69, 9.17) is 27.9 Å². The Morgan fingerprint density at radius 3 is 2.88 bits per heavy atom. The molecule has 0 N–H and O–H groups in total. The minimum absolute atomic E-state index is 0.0879. The van der Waals surface area contributed by atoms with Crippen molar-refractivity contribution in [3.8, 4) is 0 Å². The molecule has 0 atom stereocenters. The Kier molecular flexibility index (Phi) is 3.66. The van der Waals surface area contributed by atoms with E-state index in [0.717, 1.165) is 12.3 Å². The van der Waals surface area contributed by atoms with Gasteiger partial charge in [-0.2, -0.15) is 0 Å². The second kappa shape index (κ2) is 5.02. The number of carbonyl (C=O) groups excluding carboxylic acids is 1. The molecular formula is C11H11Cl2NO2. The topological polar surface area (TPSA) is 39.2 Å². The highest BCUT2D eigenvalue weighted by molar-refractivity contribution is 6.34. The first-order chi connectivity index (χ1) is 7.66. The summed E-state index contributed by atoms with van der Waals surface area (Å²) < 4.78 is 5.07. The van der Waals surface area contributed by atoms with Gasteiger partial charge in [0.05, 0.1) is 11.6 Å². The predicted molar refractivity (Wildman–Crippen MR) is 61.9 cm³/mol. The van der Waals surface area contributed by atoms with Crippen LogP contribution in [-0.4, -0.2) is 17.6 Å². The fraction of sp³-hybridized carbons (Fsp3) is 0.455. The zero-order valence-corrected chi connectivity index (χ0v) is 10.1. The first kappa shape index (κ1) is 11.7. The van der Waals surface area contributed by atoms with E-state index in [9.17, 15) is 4.79 Å². The normalized spacial score (nSPS) is 14.9. The Bertz CT molecular complexity index is 405. The SMILES string of the molecule is O=C(OCCC1CC1)c1nc(Cl)ccc1Cl. The van der Waals surface area contributed by atoms with Gasteiger partial charge in [0.15, 0.2) is 5.69 Å². The van der Waals surface area contributed by atoms with E-state index in [0.29, 0.717) is 6.61 Å². The molecule has 0 bridgehead atoms. The fourth-order valence-corrected chi connectivity index (χ4v) is 1.68. The molecule has 1 aromatic heterocycles. The van der Waals surface area contributed by atoms with Gasteiger partial charge in [-0.3, -0.25) is 0 Å². The fourth-order valence-electron chi connectivity index (χ4n) is 1.35. The van der Waals surface area contributed by atoms with E-state index in [-0.39, 0.29) is 15.9 Å². The number of halogens is 2. The number of nitrogens with zero attached hydrogens (tertiary/aromatic N) is 1. The Morgan fingerprint density at radius 1 is 1.44 bits per heavy atom. The van der Waals surface area contributed by atoms with Gasteiger partial charge in [-0.15, -0.1) is 0 Å². The number of esters is 1. The quantitative estimate of drug-likeness (QED) is 0.615. The van der Waals surface area contributed by atoms with Gasteiger partial charge >= 0.3 is 5.97 Å². The Hall–Kier alpha value is -0.800. The van der Waals surface area contributed by atoms with Gasteiger partial charge in [0.1, 0.15) is 5.15 Å². The predicted octanol–water partition coefficient (Wildman–Crippen LogP) is 3.35. The van der Waals surface area contributed by atoms with Crippen LogP contribution in [-0.2, 0) is 4.74 Å². The molecule has 5 heteroatoms. The first-order valence-electron chi connectivity index (χ1n) is 5.16. The Morgan fingerprint density at radius 2 is 2.19 bits per heavy atom. The van der Waals surface area contributed by atoms with Crippen molar-refractivity contribution in [2.45, 2.75) is 19.3 Å². The number of pyridine rings is 1. The molecule has 0 radical (unpaired) electrons. The van der Waals surface area contributed by atoms with Crippen LogP contribution in [0.15, 0.2) is 12.1 Å². The highest BCUT2D eigenvalue weighted by Crippen LogP contribution is 2.32. The molecule has 1 aliphatic carbocycles. The van der Waals surface area contributed by atoms with Crippen molar-refractivity contribution < 1.29 is 9.53 Å². The van der Waals surface area contributed by atoms with Crippen LogP contribution in [0.3, 0.4) is 0 Å². The smallest absolute Gasteiger partial charge is 0.358 e. The minimum atomic E-state index is -0.506. The van der Waals surface area contributed by atoms with Gasteiger partial charge in [-0.25, -0.2) is 9.78 Å². The van der Waals surface area contributed by atoms with Crippen molar-refractivity contribution in [1.82, 2.24) is 4.98 Å². The number of aromatic nitrogens is 1. The molecular weight excluding hydrogens is 249 g/mol. The van der Waals surface area contributed by atoms with E-state index in [1.165, 1.54) is 25.0 Å². The third-order valence-corrected chi connectivity index (χ3v) is 2.98. The Balaban J connectivity index is 1.93. The lowest BCUT2D eigenvalue weighted by Gasteiger charge is -2.05. The number of ether oxygens (including phenoxy) is 1. The number of rotatable bonds is 4. The van der Waals surface area contributed by atoms with Gasteiger partial charge < -0.3 is 4.74 Å². The monoisotopic (exact) mass is 259 g/mol. The first-order valence-corrected chi connectivity index (χ1v) is 5.91. The summed E-state index contributed by atoms with van der Waals surface area (Å²) in [7, 11) is 0. The summed E-state index contributed by atoms with van der Waals surface area (Å²) in [5.74, 6) is 0.226. The van der Waals surface area contributed by atoms with Crippen molar-refractivity contribution in [3.63, 3.8) is 0 Å².